The van der Waals surface area contributed by atoms with Crippen molar-refractivity contribution in [3.05, 3.63) is 33.8 Å². The molecule has 5 heteroatoms. The molecule has 1 saturated heterocycles. The van der Waals surface area contributed by atoms with Crippen LogP contribution in [0.1, 0.15) is 5.56 Å². The van der Waals surface area contributed by atoms with E-state index in [2.05, 4.69) is 4.90 Å². The van der Waals surface area contributed by atoms with Gasteiger partial charge in [0.15, 0.2) is 0 Å². The molecule has 0 aromatic heterocycles. The van der Waals surface area contributed by atoms with Crippen LogP contribution in [0.25, 0.3) is 0 Å². The van der Waals surface area contributed by atoms with Gasteiger partial charge in [-0.25, -0.2) is 0 Å². The van der Waals surface area contributed by atoms with Gasteiger partial charge in [0.05, 0.1) is 25.9 Å². The van der Waals surface area contributed by atoms with Crippen LogP contribution in [-0.4, -0.2) is 42.4 Å². The predicted molar refractivity (Wildman–Crippen MR) is 68.6 cm³/mol. The van der Waals surface area contributed by atoms with Gasteiger partial charge in [0, 0.05) is 23.1 Å². The van der Waals surface area contributed by atoms with Crippen molar-refractivity contribution in [2.45, 2.75) is 12.6 Å². The first-order chi connectivity index (χ1) is 8.20. The van der Waals surface area contributed by atoms with Gasteiger partial charge in [-0.2, -0.15) is 0 Å². The summed E-state index contributed by atoms with van der Waals surface area (Å²) in [5.74, 6) is 0. The number of benzene rings is 1. The topological polar surface area (TPSA) is 32.7 Å². The van der Waals surface area contributed by atoms with Crippen LogP contribution >= 0.6 is 23.2 Å². The zero-order chi connectivity index (χ0) is 12.3. The molecule has 0 radical (unpaired) electrons. The summed E-state index contributed by atoms with van der Waals surface area (Å²) in [4.78, 5) is 2.18. The Kier molecular flexibility index (Phi) is 4.65. The number of hydrogen-bond acceptors (Lipinski definition) is 3. The van der Waals surface area contributed by atoms with E-state index in [-0.39, 0.29) is 12.6 Å². The van der Waals surface area contributed by atoms with Crippen LogP contribution in [0, 0.1) is 0 Å². The molecule has 3 nitrogen and oxygen atoms in total. The molecule has 1 atom stereocenters. The molecule has 1 aromatic rings. The molecular weight excluding hydrogens is 261 g/mol. The first-order valence-electron chi connectivity index (χ1n) is 5.57. The Hall–Kier alpha value is -0.320. The Morgan fingerprint density at radius 2 is 2.24 bits per heavy atom. The van der Waals surface area contributed by atoms with Gasteiger partial charge in [-0.1, -0.05) is 29.3 Å². The number of rotatable bonds is 3. The van der Waals surface area contributed by atoms with Gasteiger partial charge < -0.3 is 9.84 Å². The van der Waals surface area contributed by atoms with Crippen LogP contribution in [-0.2, 0) is 11.3 Å². The second-order valence-electron chi connectivity index (χ2n) is 4.12. The number of ether oxygens (including phenoxy) is 1. The van der Waals surface area contributed by atoms with E-state index in [0.717, 1.165) is 12.1 Å². The molecule has 17 heavy (non-hydrogen) atoms. The molecule has 0 spiro atoms. The SMILES string of the molecule is OCC1COCCN1Cc1ccc(Cl)cc1Cl. The molecule has 0 saturated carbocycles. The molecule has 1 fully saturated rings. The second-order valence-corrected chi connectivity index (χ2v) is 4.96. The minimum atomic E-state index is 0.0514. The van der Waals surface area contributed by atoms with E-state index in [1.165, 1.54) is 0 Å². The Bertz CT molecular complexity index is 387. The summed E-state index contributed by atoms with van der Waals surface area (Å²) in [6, 6.07) is 5.55. The van der Waals surface area contributed by atoms with Gasteiger partial charge in [-0.3, -0.25) is 4.90 Å². The fourth-order valence-corrected chi connectivity index (χ4v) is 2.40. The van der Waals surface area contributed by atoms with E-state index < -0.39 is 0 Å². The smallest absolute Gasteiger partial charge is 0.0644 e. The molecule has 0 aliphatic carbocycles. The summed E-state index contributed by atoms with van der Waals surface area (Å²) in [5.41, 5.74) is 1.02. The second kappa shape index (κ2) is 6.03. The largest absolute Gasteiger partial charge is 0.395 e. The summed E-state index contributed by atoms with van der Waals surface area (Å²) in [6.45, 7) is 2.89. The maximum atomic E-state index is 9.28. The number of hydrogen-bond donors (Lipinski definition) is 1. The number of halogens is 2. The summed E-state index contributed by atoms with van der Waals surface area (Å²) in [5, 5.41) is 10.6. The Morgan fingerprint density at radius 3 is 2.94 bits per heavy atom. The molecule has 94 valence electrons. The first-order valence-corrected chi connectivity index (χ1v) is 6.33. The van der Waals surface area contributed by atoms with E-state index >= 15 is 0 Å². The molecule has 2 rings (SSSR count). The minimum absolute atomic E-state index is 0.0514. The van der Waals surface area contributed by atoms with E-state index in [0.29, 0.717) is 29.8 Å². The van der Waals surface area contributed by atoms with Crippen molar-refractivity contribution in [2.75, 3.05) is 26.4 Å². The Morgan fingerprint density at radius 1 is 1.41 bits per heavy atom. The quantitative estimate of drug-likeness (QED) is 0.918. The molecule has 1 unspecified atom stereocenters. The lowest BCUT2D eigenvalue weighted by Crippen LogP contribution is -2.46. The highest BCUT2D eigenvalue weighted by atomic mass is 35.5. The maximum Gasteiger partial charge on any atom is 0.0644 e. The standard InChI is InChI=1S/C12H15Cl2NO2/c13-10-2-1-9(12(14)5-10)6-15-3-4-17-8-11(15)7-16/h1-2,5,11,16H,3-4,6-8H2. The van der Waals surface area contributed by atoms with Crippen LogP contribution < -0.4 is 0 Å². The predicted octanol–water partition coefficient (Wildman–Crippen LogP) is 2.19. The van der Waals surface area contributed by atoms with Crippen LogP contribution in [0.15, 0.2) is 18.2 Å². The summed E-state index contributed by atoms with van der Waals surface area (Å²) >= 11 is 12.0. The molecule has 0 bridgehead atoms. The highest BCUT2D eigenvalue weighted by molar-refractivity contribution is 6.35. The van der Waals surface area contributed by atoms with E-state index in [9.17, 15) is 5.11 Å². The fourth-order valence-electron chi connectivity index (χ4n) is 1.93. The highest BCUT2D eigenvalue weighted by Crippen LogP contribution is 2.23. The number of aliphatic hydroxyl groups is 1. The van der Waals surface area contributed by atoms with Crippen LogP contribution in [0.4, 0.5) is 0 Å². The zero-order valence-corrected chi connectivity index (χ0v) is 10.9. The van der Waals surface area contributed by atoms with Crippen LogP contribution in [0.3, 0.4) is 0 Å². The lowest BCUT2D eigenvalue weighted by Gasteiger charge is -2.34. The molecule has 1 aromatic carbocycles. The lowest BCUT2D eigenvalue weighted by molar-refractivity contribution is -0.0312. The van der Waals surface area contributed by atoms with Crippen molar-refractivity contribution in [3.8, 4) is 0 Å². The van der Waals surface area contributed by atoms with Crippen molar-refractivity contribution < 1.29 is 9.84 Å². The van der Waals surface area contributed by atoms with Gasteiger partial charge in [-0.05, 0) is 17.7 Å². The fraction of sp³-hybridized carbons (Fsp3) is 0.500. The number of morpholine rings is 1. The lowest BCUT2D eigenvalue weighted by atomic mass is 10.1. The van der Waals surface area contributed by atoms with Gasteiger partial charge in [-0.15, -0.1) is 0 Å². The highest BCUT2D eigenvalue weighted by Gasteiger charge is 2.22. The van der Waals surface area contributed by atoms with Crippen molar-refractivity contribution in [2.24, 2.45) is 0 Å². The minimum Gasteiger partial charge on any atom is -0.395 e. The van der Waals surface area contributed by atoms with Gasteiger partial charge in [0.1, 0.15) is 0 Å². The zero-order valence-electron chi connectivity index (χ0n) is 9.40. The maximum absolute atomic E-state index is 9.28. The summed E-state index contributed by atoms with van der Waals surface area (Å²) in [6.07, 6.45) is 0. The normalized spacial score (nSPS) is 21.7. The average molecular weight is 276 g/mol. The van der Waals surface area contributed by atoms with Gasteiger partial charge in [0.2, 0.25) is 0 Å². The third-order valence-corrected chi connectivity index (χ3v) is 3.54. The monoisotopic (exact) mass is 275 g/mol. The molecular formula is C12H15Cl2NO2. The van der Waals surface area contributed by atoms with Gasteiger partial charge >= 0.3 is 0 Å². The average Bonchev–Trinajstić information content (AvgIpc) is 2.33. The summed E-state index contributed by atoms with van der Waals surface area (Å²) in [7, 11) is 0. The third-order valence-electron chi connectivity index (χ3n) is 2.95. The number of nitrogens with zero attached hydrogens (tertiary/aromatic N) is 1. The molecule has 1 aliphatic rings. The summed E-state index contributed by atoms with van der Waals surface area (Å²) < 4.78 is 5.33. The van der Waals surface area contributed by atoms with Crippen molar-refractivity contribution in [3.63, 3.8) is 0 Å². The van der Waals surface area contributed by atoms with E-state index in [4.69, 9.17) is 27.9 Å². The molecule has 1 heterocycles. The Balaban J connectivity index is 2.08. The molecule has 0 amide bonds. The van der Waals surface area contributed by atoms with Crippen LogP contribution in [0.2, 0.25) is 10.0 Å². The van der Waals surface area contributed by atoms with Crippen molar-refractivity contribution in [1.82, 2.24) is 4.90 Å². The third kappa shape index (κ3) is 3.33. The number of aliphatic hydroxyl groups excluding tert-OH is 1. The van der Waals surface area contributed by atoms with Crippen LogP contribution in [0.5, 0.6) is 0 Å². The first kappa shape index (κ1) is 13.1. The van der Waals surface area contributed by atoms with Crippen molar-refractivity contribution >= 4 is 23.2 Å². The Labute approximate surface area is 111 Å². The van der Waals surface area contributed by atoms with Gasteiger partial charge in [0.25, 0.3) is 0 Å². The van der Waals surface area contributed by atoms with E-state index in [1.54, 1.807) is 6.07 Å². The van der Waals surface area contributed by atoms with Crippen molar-refractivity contribution in [1.29, 1.82) is 0 Å². The van der Waals surface area contributed by atoms with E-state index in [1.807, 2.05) is 12.1 Å². The molecule has 1 aliphatic heterocycles. The molecule has 1 N–H and O–H groups in total.